The number of anilines is 1. The number of benzene rings is 2. The number of halogens is 3. The Labute approximate surface area is 196 Å². The van der Waals surface area contributed by atoms with Gasteiger partial charge in [0, 0.05) is 17.3 Å². The number of hydrogen-bond acceptors (Lipinski definition) is 7. The van der Waals surface area contributed by atoms with Gasteiger partial charge in [-0.05, 0) is 46.8 Å². The third kappa shape index (κ3) is 5.20. The average molecular weight is 489 g/mol. The standard InChI is InChI=1S/C21H17N3O2S.C2HF3O2/c1-24(11-16-3-2-8-27-16)21-17-9-14(4-6-18(17)22-12-23-21)15-5-7-19-20(10-15)26-13-25-19;3-2(4,5)1(6)7/h2-10,12H,11,13H2,1H3;(H,6,7). The Kier molecular flexibility index (Phi) is 6.55. The van der Waals surface area contributed by atoms with E-state index in [0.717, 1.165) is 45.9 Å². The SMILES string of the molecule is CN(Cc1cccs1)c1ncnc2ccc(-c3ccc4c(c3)OCO4)cc12.O=C(O)C(F)(F)F. The summed E-state index contributed by atoms with van der Waals surface area (Å²) in [6.45, 7) is 1.10. The Morgan fingerprint density at radius 2 is 1.79 bits per heavy atom. The van der Waals surface area contributed by atoms with E-state index in [9.17, 15) is 13.2 Å². The van der Waals surface area contributed by atoms with E-state index in [4.69, 9.17) is 19.4 Å². The zero-order chi connectivity index (χ0) is 24.3. The van der Waals surface area contributed by atoms with Crippen molar-refractivity contribution in [2.45, 2.75) is 12.7 Å². The lowest BCUT2D eigenvalue weighted by Crippen LogP contribution is -2.21. The molecule has 5 rings (SSSR count). The molecular formula is C23H18F3N3O4S. The minimum atomic E-state index is -5.08. The van der Waals surface area contributed by atoms with Crippen molar-refractivity contribution < 1.29 is 32.5 Å². The third-order valence-corrected chi connectivity index (χ3v) is 5.76. The van der Waals surface area contributed by atoms with Crippen LogP contribution in [-0.2, 0) is 11.3 Å². The van der Waals surface area contributed by atoms with Gasteiger partial charge in [-0.1, -0.05) is 18.2 Å². The monoisotopic (exact) mass is 489 g/mol. The predicted molar refractivity (Wildman–Crippen MR) is 121 cm³/mol. The van der Waals surface area contributed by atoms with Crippen LogP contribution in [0.25, 0.3) is 22.0 Å². The molecule has 0 amide bonds. The van der Waals surface area contributed by atoms with Gasteiger partial charge in [0.25, 0.3) is 0 Å². The number of carboxylic acid groups (broad SMARTS) is 1. The molecule has 0 bridgehead atoms. The summed E-state index contributed by atoms with van der Waals surface area (Å²) in [6.07, 6.45) is -3.46. The molecule has 1 N–H and O–H groups in total. The minimum Gasteiger partial charge on any atom is -0.475 e. The Balaban J connectivity index is 0.000000344. The van der Waals surface area contributed by atoms with Crippen molar-refractivity contribution in [1.82, 2.24) is 9.97 Å². The number of hydrogen-bond donors (Lipinski definition) is 1. The minimum absolute atomic E-state index is 0.280. The lowest BCUT2D eigenvalue weighted by molar-refractivity contribution is -0.192. The first-order valence-electron chi connectivity index (χ1n) is 9.91. The number of aromatic nitrogens is 2. The number of rotatable bonds is 4. The molecule has 7 nitrogen and oxygen atoms in total. The molecule has 0 spiro atoms. The van der Waals surface area contributed by atoms with Crippen LogP contribution in [-0.4, -0.2) is 41.1 Å². The summed E-state index contributed by atoms with van der Waals surface area (Å²) in [5.41, 5.74) is 3.11. The number of fused-ring (bicyclic) bond motifs is 2. The molecule has 2 aromatic carbocycles. The van der Waals surface area contributed by atoms with Crippen molar-refractivity contribution in [3.05, 3.63) is 65.1 Å². The van der Waals surface area contributed by atoms with Gasteiger partial charge < -0.3 is 19.5 Å². The average Bonchev–Trinajstić information content (AvgIpc) is 3.49. The van der Waals surface area contributed by atoms with Crippen LogP contribution in [0.2, 0.25) is 0 Å². The molecule has 4 aromatic rings. The molecule has 0 unspecified atom stereocenters. The number of nitrogens with zero attached hydrogens (tertiary/aromatic N) is 3. The topological polar surface area (TPSA) is 84.8 Å². The Morgan fingerprint density at radius 1 is 1.09 bits per heavy atom. The van der Waals surface area contributed by atoms with Gasteiger partial charge in [0.05, 0.1) is 12.1 Å². The summed E-state index contributed by atoms with van der Waals surface area (Å²) in [7, 11) is 2.06. The van der Waals surface area contributed by atoms with Gasteiger partial charge in [-0.25, -0.2) is 14.8 Å². The summed E-state index contributed by atoms with van der Waals surface area (Å²) in [5, 5.41) is 10.3. The van der Waals surface area contributed by atoms with Gasteiger partial charge in [-0.15, -0.1) is 11.3 Å². The van der Waals surface area contributed by atoms with Crippen LogP contribution in [0.15, 0.2) is 60.2 Å². The highest BCUT2D eigenvalue weighted by Gasteiger charge is 2.38. The van der Waals surface area contributed by atoms with Gasteiger partial charge in [0.15, 0.2) is 11.5 Å². The number of alkyl halides is 3. The molecule has 2 aromatic heterocycles. The van der Waals surface area contributed by atoms with E-state index in [2.05, 4.69) is 51.6 Å². The Morgan fingerprint density at radius 3 is 2.50 bits per heavy atom. The fraction of sp³-hybridized carbons (Fsp3) is 0.174. The number of thiophene rings is 1. The van der Waals surface area contributed by atoms with Gasteiger partial charge in [0.2, 0.25) is 6.79 Å². The molecule has 0 radical (unpaired) electrons. The largest absolute Gasteiger partial charge is 0.490 e. The fourth-order valence-electron chi connectivity index (χ4n) is 3.31. The van der Waals surface area contributed by atoms with E-state index in [0.29, 0.717) is 0 Å². The lowest BCUT2D eigenvalue weighted by Gasteiger charge is -2.19. The molecule has 0 fully saturated rings. The van der Waals surface area contributed by atoms with Crippen molar-refractivity contribution in [3.63, 3.8) is 0 Å². The van der Waals surface area contributed by atoms with E-state index < -0.39 is 12.1 Å². The second-order valence-corrected chi connectivity index (χ2v) is 8.27. The molecule has 1 aliphatic heterocycles. The summed E-state index contributed by atoms with van der Waals surface area (Å²) >= 11 is 1.75. The number of aliphatic carboxylic acids is 1. The van der Waals surface area contributed by atoms with E-state index in [1.165, 1.54) is 4.88 Å². The maximum Gasteiger partial charge on any atom is 0.490 e. The molecule has 3 heterocycles. The number of carboxylic acids is 1. The highest BCUT2D eigenvalue weighted by molar-refractivity contribution is 7.09. The Bertz CT molecular complexity index is 1310. The number of carbonyl (C=O) groups is 1. The van der Waals surface area contributed by atoms with E-state index in [1.807, 2.05) is 24.3 Å². The van der Waals surface area contributed by atoms with Crippen molar-refractivity contribution in [1.29, 1.82) is 0 Å². The lowest BCUT2D eigenvalue weighted by atomic mass is 10.0. The van der Waals surface area contributed by atoms with Crippen LogP contribution in [0.5, 0.6) is 11.5 Å². The van der Waals surface area contributed by atoms with E-state index in [-0.39, 0.29) is 6.79 Å². The van der Waals surface area contributed by atoms with E-state index >= 15 is 0 Å². The molecular weight excluding hydrogens is 471 g/mol. The van der Waals surface area contributed by atoms with Gasteiger partial charge >= 0.3 is 12.1 Å². The maximum absolute atomic E-state index is 10.6. The van der Waals surface area contributed by atoms with Crippen molar-refractivity contribution >= 4 is 34.0 Å². The van der Waals surface area contributed by atoms with Gasteiger partial charge in [-0.2, -0.15) is 13.2 Å². The molecule has 0 saturated heterocycles. The molecule has 34 heavy (non-hydrogen) atoms. The number of ether oxygens (including phenoxy) is 2. The van der Waals surface area contributed by atoms with Crippen LogP contribution in [0.3, 0.4) is 0 Å². The normalized spacial score (nSPS) is 12.2. The molecule has 176 valence electrons. The molecule has 11 heteroatoms. The maximum atomic E-state index is 10.6. The first kappa shape index (κ1) is 23.3. The smallest absolute Gasteiger partial charge is 0.475 e. The predicted octanol–water partition coefficient (Wildman–Crippen LogP) is 5.36. The van der Waals surface area contributed by atoms with Gasteiger partial charge in [-0.3, -0.25) is 0 Å². The summed E-state index contributed by atoms with van der Waals surface area (Å²) in [6, 6.07) is 16.5. The first-order valence-corrected chi connectivity index (χ1v) is 10.8. The molecule has 0 saturated carbocycles. The second-order valence-electron chi connectivity index (χ2n) is 7.24. The molecule has 1 aliphatic rings. The van der Waals surface area contributed by atoms with Crippen LogP contribution in [0.1, 0.15) is 4.88 Å². The fourth-order valence-corrected chi connectivity index (χ4v) is 4.07. The highest BCUT2D eigenvalue weighted by atomic mass is 32.1. The zero-order valence-electron chi connectivity index (χ0n) is 17.7. The molecule has 0 aliphatic carbocycles. The van der Waals surface area contributed by atoms with Crippen LogP contribution >= 0.6 is 11.3 Å². The summed E-state index contributed by atoms with van der Waals surface area (Å²) in [4.78, 5) is 21.4. The van der Waals surface area contributed by atoms with Crippen LogP contribution in [0.4, 0.5) is 19.0 Å². The van der Waals surface area contributed by atoms with Crippen LogP contribution in [0, 0.1) is 0 Å². The van der Waals surface area contributed by atoms with Crippen LogP contribution < -0.4 is 14.4 Å². The highest BCUT2D eigenvalue weighted by Crippen LogP contribution is 2.37. The third-order valence-electron chi connectivity index (χ3n) is 4.90. The van der Waals surface area contributed by atoms with Crippen molar-refractivity contribution in [2.75, 3.05) is 18.7 Å². The van der Waals surface area contributed by atoms with E-state index in [1.54, 1.807) is 17.7 Å². The van der Waals surface area contributed by atoms with Crippen molar-refractivity contribution in [2.24, 2.45) is 0 Å². The first-order chi connectivity index (χ1) is 16.2. The van der Waals surface area contributed by atoms with Crippen molar-refractivity contribution in [3.8, 4) is 22.6 Å². The summed E-state index contributed by atoms with van der Waals surface area (Å²) < 4.78 is 42.7. The zero-order valence-corrected chi connectivity index (χ0v) is 18.6. The Hall–Kier alpha value is -3.86. The quantitative estimate of drug-likeness (QED) is 0.413. The molecule has 0 atom stereocenters. The summed E-state index contributed by atoms with van der Waals surface area (Å²) in [5.74, 6) is -0.255. The second kappa shape index (κ2) is 9.56. The van der Waals surface area contributed by atoms with Gasteiger partial charge in [0.1, 0.15) is 12.1 Å².